The molecule has 2 saturated heterocycles. The molecule has 8 heteroatoms. The molecule has 1 aromatic rings. The number of hydrogen-bond donors (Lipinski definition) is 0. The van der Waals surface area contributed by atoms with Crippen molar-refractivity contribution in [2.45, 2.75) is 37.1 Å². The summed E-state index contributed by atoms with van der Waals surface area (Å²) in [6, 6.07) is 6.94. The molecule has 2 heterocycles. The van der Waals surface area contributed by atoms with Gasteiger partial charge in [0.2, 0.25) is 17.7 Å². The molecule has 2 aliphatic heterocycles. The van der Waals surface area contributed by atoms with Crippen LogP contribution in [0.1, 0.15) is 31.2 Å². The van der Waals surface area contributed by atoms with Gasteiger partial charge in [-0.25, -0.2) is 0 Å². The Morgan fingerprint density at radius 1 is 1.38 bits per heavy atom. The predicted octanol–water partition coefficient (Wildman–Crippen LogP) is 2.01. The number of halogens is 1. The zero-order valence-corrected chi connectivity index (χ0v) is 17.6. The van der Waals surface area contributed by atoms with Gasteiger partial charge in [-0.15, -0.1) is 0 Å². The molecule has 0 radical (unpaired) electrons. The number of ether oxygens (including phenoxy) is 2. The molecule has 0 N–H and O–H groups in total. The van der Waals surface area contributed by atoms with E-state index in [0.717, 1.165) is 6.42 Å². The molecule has 0 aromatic heterocycles. The van der Waals surface area contributed by atoms with Gasteiger partial charge in [0.1, 0.15) is 0 Å². The first-order chi connectivity index (χ1) is 13.9. The van der Waals surface area contributed by atoms with E-state index >= 15 is 0 Å². The standard InChI is InChI=1S/C21H27ClN2O5/c1-23(15-8-11-29-14-15)18(25)12-21(16-6-3-4-7-17(16)22)13-19(26)24(20(21)27)9-5-10-28-2/h3-4,6-7,15H,5,8-14H2,1-2H3/t15-,21-/m1/s1. The van der Waals surface area contributed by atoms with Crippen LogP contribution in [0.25, 0.3) is 0 Å². The van der Waals surface area contributed by atoms with Crippen molar-refractivity contribution in [3.63, 3.8) is 0 Å². The summed E-state index contributed by atoms with van der Waals surface area (Å²) in [5.74, 6) is -0.845. The van der Waals surface area contributed by atoms with Crippen LogP contribution in [0.2, 0.25) is 5.02 Å². The van der Waals surface area contributed by atoms with Crippen LogP contribution in [0.15, 0.2) is 24.3 Å². The van der Waals surface area contributed by atoms with E-state index in [1.807, 2.05) is 0 Å². The fraction of sp³-hybridized carbons (Fsp3) is 0.571. The van der Waals surface area contributed by atoms with E-state index in [4.69, 9.17) is 21.1 Å². The Morgan fingerprint density at radius 2 is 2.14 bits per heavy atom. The largest absolute Gasteiger partial charge is 0.385 e. The summed E-state index contributed by atoms with van der Waals surface area (Å²) in [5, 5.41) is 0.382. The van der Waals surface area contributed by atoms with Gasteiger partial charge in [-0.3, -0.25) is 19.3 Å². The quantitative estimate of drug-likeness (QED) is 0.473. The first-order valence-corrected chi connectivity index (χ1v) is 10.2. The number of carbonyl (C=O) groups is 3. The topological polar surface area (TPSA) is 76.2 Å². The number of imide groups is 1. The third-order valence-electron chi connectivity index (χ3n) is 5.83. The van der Waals surface area contributed by atoms with Gasteiger partial charge in [-0.05, 0) is 24.5 Å². The van der Waals surface area contributed by atoms with Gasteiger partial charge in [-0.2, -0.15) is 0 Å². The van der Waals surface area contributed by atoms with Crippen molar-refractivity contribution < 1.29 is 23.9 Å². The predicted molar refractivity (Wildman–Crippen MR) is 108 cm³/mol. The van der Waals surface area contributed by atoms with E-state index in [2.05, 4.69) is 0 Å². The van der Waals surface area contributed by atoms with Crippen molar-refractivity contribution >= 4 is 29.3 Å². The summed E-state index contributed by atoms with van der Waals surface area (Å²) in [5.41, 5.74) is -0.758. The second kappa shape index (κ2) is 9.24. The number of amides is 3. The Labute approximate surface area is 175 Å². The molecule has 0 bridgehead atoms. The van der Waals surface area contributed by atoms with Crippen molar-refractivity contribution in [2.24, 2.45) is 0 Å². The number of likely N-dealkylation sites (tertiary alicyclic amines) is 1. The third-order valence-corrected chi connectivity index (χ3v) is 6.16. The van der Waals surface area contributed by atoms with E-state index in [-0.39, 0.29) is 43.1 Å². The monoisotopic (exact) mass is 422 g/mol. The van der Waals surface area contributed by atoms with Crippen LogP contribution in [-0.2, 0) is 29.3 Å². The Morgan fingerprint density at radius 3 is 2.79 bits per heavy atom. The van der Waals surface area contributed by atoms with Crippen LogP contribution in [0, 0.1) is 0 Å². The third kappa shape index (κ3) is 4.32. The van der Waals surface area contributed by atoms with Gasteiger partial charge >= 0.3 is 0 Å². The van der Waals surface area contributed by atoms with Crippen LogP contribution >= 0.6 is 11.6 Å². The Bertz CT molecular complexity index is 780. The molecule has 1 aromatic carbocycles. The van der Waals surface area contributed by atoms with Crippen LogP contribution < -0.4 is 0 Å². The summed E-state index contributed by atoms with van der Waals surface area (Å²) in [6.45, 7) is 1.80. The zero-order valence-electron chi connectivity index (χ0n) is 16.9. The molecule has 3 amide bonds. The van der Waals surface area contributed by atoms with E-state index in [0.29, 0.717) is 36.8 Å². The summed E-state index contributed by atoms with van der Waals surface area (Å²) in [6.07, 6.45) is 1.13. The Kier molecular flexibility index (Phi) is 6.93. The van der Waals surface area contributed by atoms with E-state index < -0.39 is 5.41 Å². The lowest BCUT2D eigenvalue weighted by atomic mass is 9.75. The lowest BCUT2D eigenvalue weighted by molar-refractivity contribution is -0.143. The summed E-state index contributed by atoms with van der Waals surface area (Å²) in [7, 11) is 3.29. The summed E-state index contributed by atoms with van der Waals surface area (Å²) in [4.78, 5) is 42.2. The molecule has 0 saturated carbocycles. The molecular weight excluding hydrogens is 396 g/mol. The average molecular weight is 423 g/mol. The van der Waals surface area contributed by atoms with Gasteiger partial charge in [0.05, 0.1) is 18.1 Å². The fourth-order valence-corrected chi connectivity index (χ4v) is 4.42. The minimum Gasteiger partial charge on any atom is -0.385 e. The maximum absolute atomic E-state index is 13.5. The van der Waals surface area contributed by atoms with Gasteiger partial charge in [-0.1, -0.05) is 29.8 Å². The summed E-state index contributed by atoms with van der Waals surface area (Å²) < 4.78 is 10.4. The highest BCUT2D eigenvalue weighted by Crippen LogP contribution is 2.43. The van der Waals surface area contributed by atoms with Crippen molar-refractivity contribution in [2.75, 3.05) is 40.5 Å². The van der Waals surface area contributed by atoms with Gasteiger partial charge < -0.3 is 14.4 Å². The molecule has 0 spiro atoms. The molecule has 0 aliphatic carbocycles. The van der Waals surface area contributed by atoms with Crippen LogP contribution in [-0.4, -0.2) is 74.1 Å². The number of carbonyl (C=O) groups excluding carboxylic acids is 3. The highest BCUT2D eigenvalue weighted by molar-refractivity contribution is 6.32. The van der Waals surface area contributed by atoms with Gasteiger partial charge in [0.25, 0.3) is 0 Å². The first-order valence-electron chi connectivity index (χ1n) is 9.83. The van der Waals surface area contributed by atoms with Crippen molar-refractivity contribution in [3.05, 3.63) is 34.9 Å². The van der Waals surface area contributed by atoms with Crippen LogP contribution in [0.4, 0.5) is 0 Å². The van der Waals surface area contributed by atoms with Crippen molar-refractivity contribution in [3.8, 4) is 0 Å². The lowest BCUT2D eigenvalue weighted by Crippen LogP contribution is -2.45. The van der Waals surface area contributed by atoms with Gasteiger partial charge in [0, 0.05) is 51.8 Å². The molecule has 29 heavy (non-hydrogen) atoms. The first kappa shape index (κ1) is 21.7. The van der Waals surface area contributed by atoms with Crippen molar-refractivity contribution in [1.29, 1.82) is 0 Å². The number of hydrogen-bond acceptors (Lipinski definition) is 5. The number of methoxy groups -OCH3 is 1. The fourth-order valence-electron chi connectivity index (χ4n) is 4.10. The maximum atomic E-state index is 13.5. The van der Waals surface area contributed by atoms with E-state index in [9.17, 15) is 14.4 Å². The molecule has 158 valence electrons. The lowest BCUT2D eigenvalue weighted by Gasteiger charge is -2.31. The van der Waals surface area contributed by atoms with Crippen LogP contribution in [0.5, 0.6) is 0 Å². The van der Waals surface area contributed by atoms with Crippen molar-refractivity contribution in [1.82, 2.24) is 9.80 Å². The number of rotatable bonds is 8. The zero-order chi connectivity index (χ0) is 21.0. The molecular formula is C21H27ClN2O5. The second-order valence-corrected chi connectivity index (χ2v) is 8.04. The van der Waals surface area contributed by atoms with Crippen LogP contribution in [0.3, 0.4) is 0 Å². The van der Waals surface area contributed by atoms with Gasteiger partial charge in [0.15, 0.2) is 0 Å². The average Bonchev–Trinajstić information content (AvgIpc) is 3.31. The smallest absolute Gasteiger partial charge is 0.240 e. The molecule has 3 rings (SSSR count). The maximum Gasteiger partial charge on any atom is 0.240 e. The molecule has 2 fully saturated rings. The highest BCUT2D eigenvalue weighted by atomic mass is 35.5. The number of benzene rings is 1. The van der Waals surface area contributed by atoms with E-state index in [1.54, 1.807) is 43.3 Å². The minimum absolute atomic E-state index is 0.0178. The normalized spacial score (nSPS) is 24.4. The number of likely N-dealkylation sites (N-methyl/N-ethyl adjacent to an activating group) is 1. The van der Waals surface area contributed by atoms with E-state index in [1.165, 1.54) is 4.90 Å². The minimum atomic E-state index is -1.28. The highest BCUT2D eigenvalue weighted by Gasteiger charge is 2.54. The molecule has 2 atom stereocenters. The summed E-state index contributed by atoms with van der Waals surface area (Å²) >= 11 is 6.42. The Hall–Kier alpha value is -1.96. The number of nitrogens with zero attached hydrogens (tertiary/aromatic N) is 2. The molecule has 7 nitrogen and oxygen atoms in total. The SMILES string of the molecule is COCCCN1C(=O)C[C@](CC(=O)N(C)[C@@H]2CCOC2)(c2ccccc2Cl)C1=O. The Balaban J connectivity index is 1.91. The molecule has 2 aliphatic rings. The molecule has 0 unspecified atom stereocenters. The second-order valence-electron chi connectivity index (χ2n) is 7.63.